The Kier molecular flexibility index (Phi) is 8.16. The summed E-state index contributed by atoms with van der Waals surface area (Å²) in [5.74, 6) is -0.691. The van der Waals surface area contributed by atoms with Gasteiger partial charge in [-0.2, -0.15) is 0 Å². The Balaban J connectivity index is 2.39. The van der Waals surface area contributed by atoms with Crippen LogP contribution in [0.3, 0.4) is 0 Å². The summed E-state index contributed by atoms with van der Waals surface area (Å²) in [5, 5.41) is 20.9. The van der Waals surface area contributed by atoms with Gasteiger partial charge in [-0.15, -0.1) is 0 Å². The highest BCUT2D eigenvalue weighted by Gasteiger charge is 2.45. The lowest BCUT2D eigenvalue weighted by atomic mass is 9.59. The molecule has 0 saturated heterocycles. The van der Waals surface area contributed by atoms with Gasteiger partial charge in [-0.05, 0) is 55.6 Å². The van der Waals surface area contributed by atoms with Crippen LogP contribution < -0.4 is 0 Å². The van der Waals surface area contributed by atoms with Gasteiger partial charge in [-0.3, -0.25) is 14.4 Å². The zero-order valence-electron chi connectivity index (χ0n) is 19.6. The molecule has 1 fully saturated rings. The predicted molar refractivity (Wildman–Crippen MR) is 123 cm³/mol. The van der Waals surface area contributed by atoms with Crippen LogP contribution in [0, 0.1) is 24.2 Å². The fourth-order valence-electron chi connectivity index (χ4n) is 4.59. The summed E-state index contributed by atoms with van der Waals surface area (Å²) in [4.78, 5) is 35.6. The molecule has 32 heavy (non-hydrogen) atoms. The van der Waals surface area contributed by atoms with E-state index in [9.17, 15) is 24.6 Å². The Bertz CT molecular complexity index is 950. The Labute approximate surface area is 194 Å². The second kappa shape index (κ2) is 10.1. The lowest BCUT2D eigenvalue weighted by molar-refractivity contribution is -0.148. The number of phenolic OH excluding ortho intramolecular Hbond substituents is 2. The number of Topliss-reactive ketones (excluding diaryl/α,β-unsaturated/α-hetero) is 1. The van der Waals surface area contributed by atoms with Crippen molar-refractivity contribution >= 4 is 29.6 Å². The molecule has 4 unspecified atom stereocenters. The maximum Gasteiger partial charge on any atom is 0.303 e. The van der Waals surface area contributed by atoms with Crippen molar-refractivity contribution in [3.63, 3.8) is 0 Å². The Hall–Kier alpha value is -2.34. The van der Waals surface area contributed by atoms with Gasteiger partial charge in [0.15, 0.2) is 6.29 Å². The van der Waals surface area contributed by atoms with Crippen molar-refractivity contribution in [1.29, 1.82) is 0 Å². The van der Waals surface area contributed by atoms with Crippen molar-refractivity contribution in [3.05, 3.63) is 33.4 Å². The molecule has 1 aromatic carbocycles. The molecule has 6 nitrogen and oxygen atoms in total. The Morgan fingerprint density at radius 3 is 2.47 bits per heavy atom. The smallest absolute Gasteiger partial charge is 0.303 e. The molecule has 0 spiro atoms. The van der Waals surface area contributed by atoms with E-state index in [1.54, 1.807) is 13.0 Å². The molecule has 176 valence electrons. The first-order chi connectivity index (χ1) is 14.8. The van der Waals surface area contributed by atoms with Crippen molar-refractivity contribution in [3.8, 4) is 11.5 Å². The Morgan fingerprint density at radius 1 is 1.28 bits per heavy atom. The molecular weight excluding hydrogens is 432 g/mol. The minimum atomic E-state index is -0.566. The van der Waals surface area contributed by atoms with Crippen LogP contribution in [-0.2, 0) is 20.7 Å². The van der Waals surface area contributed by atoms with E-state index in [1.807, 2.05) is 13.8 Å². The summed E-state index contributed by atoms with van der Waals surface area (Å²) in [6.07, 6.45) is 3.61. The summed E-state index contributed by atoms with van der Waals surface area (Å²) in [6, 6.07) is 0. The van der Waals surface area contributed by atoms with Crippen LogP contribution >= 0.6 is 11.6 Å². The van der Waals surface area contributed by atoms with Gasteiger partial charge in [0.05, 0.1) is 10.6 Å². The summed E-state index contributed by atoms with van der Waals surface area (Å²) < 4.78 is 5.62. The van der Waals surface area contributed by atoms with Gasteiger partial charge in [-0.25, -0.2) is 0 Å². The van der Waals surface area contributed by atoms with Gasteiger partial charge < -0.3 is 14.9 Å². The summed E-state index contributed by atoms with van der Waals surface area (Å²) in [5.41, 5.74) is 0.844. The molecule has 1 aromatic rings. The molecule has 0 aliphatic heterocycles. The fraction of sp³-hybridized carbons (Fsp3) is 0.560. The lowest BCUT2D eigenvalue weighted by Crippen LogP contribution is -2.44. The number of phenols is 2. The number of hydrogen-bond donors (Lipinski definition) is 2. The van der Waals surface area contributed by atoms with Crippen molar-refractivity contribution in [2.75, 3.05) is 0 Å². The molecular formula is C25H33ClO6. The van der Waals surface area contributed by atoms with E-state index in [0.29, 0.717) is 24.7 Å². The minimum Gasteiger partial charge on any atom is -0.507 e. The molecule has 2 N–H and O–H groups in total. The number of rotatable bonds is 7. The molecule has 0 bridgehead atoms. The lowest BCUT2D eigenvalue weighted by Gasteiger charge is -2.45. The van der Waals surface area contributed by atoms with Gasteiger partial charge in [-0.1, -0.05) is 38.4 Å². The highest BCUT2D eigenvalue weighted by Crippen LogP contribution is 2.48. The molecule has 2 rings (SSSR count). The maximum absolute atomic E-state index is 12.4. The van der Waals surface area contributed by atoms with Crippen molar-refractivity contribution in [2.45, 2.75) is 73.3 Å². The van der Waals surface area contributed by atoms with Crippen LogP contribution in [0.5, 0.6) is 11.5 Å². The van der Waals surface area contributed by atoms with E-state index in [0.717, 1.165) is 12.0 Å². The number of ether oxygens (including phenoxy) is 1. The number of carbonyl (C=O) groups excluding carboxylic acids is 3. The van der Waals surface area contributed by atoms with Crippen molar-refractivity contribution in [2.24, 2.45) is 17.3 Å². The van der Waals surface area contributed by atoms with Gasteiger partial charge in [0.1, 0.15) is 23.4 Å². The van der Waals surface area contributed by atoms with Crippen molar-refractivity contribution in [1.82, 2.24) is 0 Å². The summed E-state index contributed by atoms with van der Waals surface area (Å²) in [6.45, 7) is 10.8. The topological polar surface area (TPSA) is 101 Å². The van der Waals surface area contributed by atoms with Gasteiger partial charge in [0, 0.05) is 24.8 Å². The van der Waals surface area contributed by atoms with Crippen LogP contribution in [0.1, 0.15) is 75.4 Å². The van der Waals surface area contributed by atoms with Crippen LogP contribution in [0.4, 0.5) is 0 Å². The molecule has 0 radical (unpaired) electrons. The highest BCUT2D eigenvalue weighted by atomic mass is 35.5. The van der Waals surface area contributed by atoms with E-state index in [2.05, 4.69) is 13.8 Å². The third kappa shape index (κ3) is 5.01. The van der Waals surface area contributed by atoms with E-state index < -0.39 is 12.1 Å². The van der Waals surface area contributed by atoms with Crippen LogP contribution in [0.15, 0.2) is 11.6 Å². The molecule has 4 atom stereocenters. The number of hydrogen-bond acceptors (Lipinski definition) is 6. The normalized spacial score (nSPS) is 24.8. The first-order valence-corrected chi connectivity index (χ1v) is 11.3. The zero-order chi connectivity index (χ0) is 24.4. The van der Waals surface area contributed by atoms with Crippen LogP contribution in [0.2, 0.25) is 5.02 Å². The van der Waals surface area contributed by atoms with Crippen LogP contribution in [-0.4, -0.2) is 34.4 Å². The third-order valence-electron chi connectivity index (χ3n) is 7.38. The quantitative estimate of drug-likeness (QED) is 0.321. The van der Waals surface area contributed by atoms with E-state index in [-0.39, 0.29) is 57.1 Å². The van der Waals surface area contributed by atoms with Gasteiger partial charge in [0.25, 0.3) is 0 Å². The largest absolute Gasteiger partial charge is 0.507 e. The number of benzene rings is 1. The van der Waals surface area contributed by atoms with Crippen LogP contribution in [0.25, 0.3) is 0 Å². The molecule has 7 heteroatoms. The zero-order valence-corrected chi connectivity index (χ0v) is 20.4. The van der Waals surface area contributed by atoms with E-state index in [1.165, 1.54) is 6.92 Å². The standard InChI is InChI=1S/C25H33ClO6/c1-13(7-9-18-23(30)19(12-27)15(3)22(26)24(18)31)21(32-17(5)28)11-25(6)14(2)8-10-20(29)16(25)4/h7,12,14,16,21,30-31H,8-11H2,1-6H3. The van der Waals surface area contributed by atoms with E-state index >= 15 is 0 Å². The molecule has 1 aliphatic carbocycles. The average Bonchev–Trinajstić information content (AvgIpc) is 2.73. The molecule has 1 saturated carbocycles. The number of esters is 1. The monoisotopic (exact) mass is 464 g/mol. The molecule has 0 heterocycles. The number of aromatic hydroxyl groups is 2. The summed E-state index contributed by atoms with van der Waals surface area (Å²) >= 11 is 6.14. The predicted octanol–water partition coefficient (Wildman–Crippen LogP) is 5.32. The van der Waals surface area contributed by atoms with Gasteiger partial charge in [0.2, 0.25) is 0 Å². The first-order valence-electron chi connectivity index (χ1n) is 10.9. The number of carbonyl (C=O) groups is 3. The maximum atomic E-state index is 12.4. The third-order valence-corrected chi connectivity index (χ3v) is 7.84. The van der Waals surface area contributed by atoms with Gasteiger partial charge >= 0.3 is 5.97 Å². The number of allylic oxidation sites excluding steroid dienone is 1. The van der Waals surface area contributed by atoms with E-state index in [4.69, 9.17) is 16.3 Å². The molecule has 1 aliphatic rings. The number of aldehydes is 1. The fourth-order valence-corrected chi connectivity index (χ4v) is 4.80. The molecule has 0 aromatic heterocycles. The SMILES string of the molecule is CC(=O)OC(CC1(C)C(C)CCC(=O)C1C)C(C)=CCc1c(O)c(Cl)c(C)c(C=O)c1O. The summed E-state index contributed by atoms with van der Waals surface area (Å²) in [7, 11) is 0. The van der Waals surface area contributed by atoms with Crippen molar-refractivity contribution < 1.29 is 29.3 Å². The Morgan fingerprint density at radius 2 is 1.91 bits per heavy atom. The molecule has 0 amide bonds. The number of ketones is 1. The highest BCUT2D eigenvalue weighted by molar-refractivity contribution is 6.33. The second-order valence-electron chi connectivity index (χ2n) is 9.23. The first kappa shape index (κ1) is 25.9. The second-order valence-corrected chi connectivity index (χ2v) is 9.61. The number of halogens is 1. The average molecular weight is 465 g/mol. The minimum absolute atomic E-state index is 0.0124.